The van der Waals surface area contributed by atoms with Gasteiger partial charge in [-0.05, 0) is 53.6 Å². The van der Waals surface area contributed by atoms with Crippen LogP contribution in [-0.4, -0.2) is 36.9 Å². The van der Waals surface area contributed by atoms with Crippen molar-refractivity contribution in [3.05, 3.63) is 77.4 Å². The van der Waals surface area contributed by atoms with E-state index in [1.165, 1.54) is 7.11 Å². The third-order valence-corrected chi connectivity index (χ3v) is 7.63. The molecular weight excluding hydrogens is 452 g/mol. The predicted octanol–water partition coefficient (Wildman–Crippen LogP) is 3.90. The summed E-state index contributed by atoms with van der Waals surface area (Å²) in [5, 5.41) is 13.5. The highest BCUT2D eigenvalue weighted by molar-refractivity contribution is 5.97. The van der Waals surface area contributed by atoms with E-state index in [0.717, 1.165) is 53.3 Å². The van der Waals surface area contributed by atoms with Crippen molar-refractivity contribution in [2.75, 3.05) is 12.0 Å². The molecule has 3 aromatic carbocycles. The number of rotatable bonds is 6. The normalized spacial score (nSPS) is 21.1. The Morgan fingerprint density at radius 1 is 1.06 bits per heavy atom. The number of nitrogen functional groups attached to an aromatic ring is 1. The maximum absolute atomic E-state index is 13.6. The van der Waals surface area contributed by atoms with Crippen LogP contribution < -0.4 is 16.0 Å². The molecule has 5 rings (SSSR count). The SMILES string of the molecule is COC(=O)[C@H]1CC[C@H](NC(=O)C2Cc3ccc(C(=N)N)cc3N2Cc2cccc3ccccc23)CC1. The smallest absolute Gasteiger partial charge is 0.308 e. The minimum Gasteiger partial charge on any atom is -0.469 e. The average Bonchev–Trinajstić information content (AvgIpc) is 3.26. The van der Waals surface area contributed by atoms with Gasteiger partial charge in [0, 0.05) is 30.3 Å². The minimum atomic E-state index is -0.362. The van der Waals surface area contributed by atoms with Crippen LogP contribution in [0.2, 0.25) is 0 Å². The number of ether oxygens (including phenoxy) is 1. The molecule has 1 unspecified atom stereocenters. The number of fused-ring (bicyclic) bond motifs is 2. The number of nitrogens with zero attached hydrogens (tertiary/aromatic N) is 1. The molecule has 2 aliphatic rings. The fraction of sp³-hybridized carbons (Fsp3) is 0.345. The summed E-state index contributed by atoms with van der Waals surface area (Å²) in [6.07, 6.45) is 3.59. The molecule has 0 saturated heterocycles. The number of hydrogen-bond donors (Lipinski definition) is 3. The van der Waals surface area contributed by atoms with Gasteiger partial charge in [0.2, 0.25) is 5.91 Å². The lowest BCUT2D eigenvalue weighted by atomic mass is 9.86. The molecule has 1 amide bonds. The van der Waals surface area contributed by atoms with E-state index in [-0.39, 0.29) is 35.7 Å². The summed E-state index contributed by atoms with van der Waals surface area (Å²) in [6.45, 7) is 0.572. The van der Waals surface area contributed by atoms with E-state index < -0.39 is 0 Å². The van der Waals surface area contributed by atoms with Crippen LogP contribution in [-0.2, 0) is 27.3 Å². The number of methoxy groups -OCH3 is 1. The highest BCUT2D eigenvalue weighted by Gasteiger charge is 2.37. The van der Waals surface area contributed by atoms with Crippen LogP contribution >= 0.6 is 0 Å². The summed E-state index contributed by atoms with van der Waals surface area (Å²) in [5.74, 6) is -0.226. The Hall–Kier alpha value is -3.87. The number of amidine groups is 1. The van der Waals surface area contributed by atoms with Crippen molar-refractivity contribution in [1.29, 1.82) is 5.41 Å². The summed E-state index contributed by atoms with van der Waals surface area (Å²) in [4.78, 5) is 27.7. The summed E-state index contributed by atoms with van der Waals surface area (Å²) in [6, 6.07) is 20.0. The van der Waals surface area contributed by atoms with E-state index in [1.807, 2.05) is 30.3 Å². The lowest BCUT2D eigenvalue weighted by Gasteiger charge is -2.31. The van der Waals surface area contributed by atoms with Crippen LogP contribution in [0.4, 0.5) is 5.69 Å². The molecule has 1 aliphatic carbocycles. The van der Waals surface area contributed by atoms with Crippen molar-refractivity contribution >= 4 is 34.2 Å². The fourth-order valence-electron chi connectivity index (χ4n) is 5.64. The summed E-state index contributed by atoms with van der Waals surface area (Å²) >= 11 is 0. The Balaban J connectivity index is 1.40. The molecular formula is C29H32N4O3. The summed E-state index contributed by atoms with van der Waals surface area (Å²) in [5.41, 5.74) is 9.62. The van der Waals surface area contributed by atoms with Gasteiger partial charge in [0.05, 0.1) is 13.0 Å². The molecule has 1 atom stereocenters. The Morgan fingerprint density at radius 2 is 1.81 bits per heavy atom. The first kappa shape index (κ1) is 23.9. The van der Waals surface area contributed by atoms with Crippen LogP contribution in [0.3, 0.4) is 0 Å². The second-order valence-electron chi connectivity index (χ2n) is 9.82. The third-order valence-electron chi connectivity index (χ3n) is 7.63. The molecule has 1 fully saturated rings. The van der Waals surface area contributed by atoms with Gasteiger partial charge in [0.1, 0.15) is 11.9 Å². The van der Waals surface area contributed by atoms with Gasteiger partial charge in [-0.3, -0.25) is 15.0 Å². The van der Waals surface area contributed by atoms with E-state index in [0.29, 0.717) is 18.5 Å². The highest BCUT2D eigenvalue weighted by Crippen LogP contribution is 2.36. The van der Waals surface area contributed by atoms with E-state index in [9.17, 15) is 9.59 Å². The maximum Gasteiger partial charge on any atom is 0.308 e. The van der Waals surface area contributed by atoms with Gasteiger partial charge in [-0.2, -0.15) is 0 Å². The molecule has 3 aromatic rings. The zero-order valence-corrected chi connectivity index (χ0v) is 20.5. The number of hydrogen-bond acceptors (Lipinski definition) is 5. The van der Waals surface area contributed by atoms with E-state index in [4.69, 9.17) is 15.9 Å². The molecule has 1 heterocycles. The van der Waals surface area contributed by atoms with Crippen LogP contribution in [0, 0.1) is 11.3 Å². The zero-order valence-electron chi connectivity index (χ0n) is 20.5. The van der Waals surface area contributed by atoms with Gasteiger partial charge < -0.3 is 20.7 Å². The zero-order chi connectivity index (χ0) is 25.2. The molecule has 7 heteroatoms. The molecule has 0 radical (unpaired) electrons. The van der Waals surface area contributed by atoms with Crippen molar-refractivity contribution in [3.8, 4) is 0 Å². The Labute approximate surface area is 211 Å². The van der Waals surface area contributed by atoms with Crippen molar-refractivity contribution < 1.29 is 14.3 Å². The van der Waals surface area contributed by atoms with Crippen LogP contribution in [0.15, 0.2) is 60.7 Å². The quantitative estimate of drug-likeness (QED) is 0.279. The number of carbonyl (C=O) groups excluding carboxylic acids is 2. The average molecular weight is 485 g/mol. The number of nitrogens with one attached hydrogen (secondary N) is 2. The highest BCUT2D eigenvalue weighted by atomic mass is 16.5. The molecule has 0 bridgehead atoms. The number of carbonyl (C=O) groups is 2. The first-order chi connectivity index (χ1) is 17.4. The predicted molar refractivity (Wildman–Crippen MR) is 141 cm³/mol. The Morgan fingerprint density at radius 3 is 2.56 bits per heavy atom. The second-order valence-corrected chi connectivity index (χ2v) is 9.82. The van der Waals surface area contributed by atoms with Crippen molar-refractivity contribution in [2.24, 2.45) is 11.7 Å². The number of amides is 1. The lowest BCUT2D eigenvalue weighted by molar-refractivity contribution is -0.146. The van der Waals surface area contributed by atoms with Crippen molar-refractivity contribution in [2.45, 2.75) is 50.7 Å². The summed E-state index contributed by atoms with van der Waals surface area (Å²) in [7, 11) is 1.43. The van der Waals surface area contributed by atoms with Crippen LogP contribution in [0.5, 0.6) is 0 Å². The second kappa shape index (κ2) is 10.0. The minimum absolute atomic E-state index is 0.00247. The molecule has 1 aliphatic heterocycles. The van der Waals surface area contributed by atoms with Gasteiger partial charge >= 0.3 is 5.97 Å². The van der Waals surface area contributed by atoms with Gasteiger partial charge in [0.15, 0.2) is 0 Å². The molecule has 4 N–H and O–H groups in total. The number of esters is 1. The first-order valence-electron chi connectivity index (χ1n) is 12.5. The number of benzene rings is 3. The van der Waals surface area contributed by atoms with Gasteiger partial charge in [-0.25, -0.2) is 0 Å². The first-order valence-corrected chi connectivity index (χ1v) is 12.5. The molecule has 186 valence electrons. The van der Waals surface area contributed by atoms with Crippen LogP contribution in [0.1, 0.15) is 42.4 Å². The molecule has 36 heavy (non-hydrogen) atoms. The van der Waals surface area contributed by atoms with Crippen molar-refractivity contribution in [1.82, 2.24) is 5.32 Å². The number of nitrogens with two attached hydrogens (primary N) is 1. The van der Waals surface area contributed by atoms with E-state index in [1.54, 1.807) is 0 Å². The van der Waals surface area contributed by atoms with E-state index >= 15 is 0 Å². The third kappa shape index (κ3) is 4.65. The standard InChI is InChI=1S/C29H32N4O3/c1-36-29(35)19-11-13-23(14-12-19)32-28(34)26-15-20-9-10-21(27(30)31)16-25(20)33(26)17-22-7-4-6-18-5-2-3-8-24(18)22/h2-10,16,19,23,26H,11-15,17H2,1H3,(H3,30,31)(H,32,34)/t19-,23-,26?. The molecule has 0 aromatic heterocycles. The van der Waals surface area contributed by atoms with E-state index in [2.05, 4.69) is 40.5 Å². The van der Waals surface area contributed by atoms with Crippen molar-refractivity contribution in [3.63, 3.8) is 0 Å². The monoisotopic (exact) mass is 484 g/mol. The fourth-order valence-corrected chi connectivity index (χ4v) is 5.64. The number of anilines is 1. The van der Waals surface area contributed by atoms with Gasteiger partial charge in [0.25, 0.3) is 0 Å². The summed E-state index contributed by atoms with van der Waals surface area (Å²) < 4.78 is 4.89. The molecule has 1 saturated carbocycles. The molecule has 7 nitrogen and oxygen atoms in total. The topological polar surface area (TPSA) is 109 Å². The largest absolute Gasteiger partial charge is 0.469 e. The molecule has 0 spiro atoms. The Kier molecular flexibility index (Phi) is 6.63. The van der Waals surface area contributed by atoms with Gasteiger partial charge in [-0.1, -0.05) is 54.6 Å². The maximum atomic E-state index is 13.6. The van der Waals surface area contributed by atoms with Crippen LogP contribution in [0.25, 0.3) is 10.8 Å². The van der Waals surface area contributed by atoms with Gasteiger partial charge in [-0.15, -0.1) is 0 Å². The Bertz CT molecular complexity index is 1310. The lowest BCUT2D eigenvalue weighted by Crippen LogP contribution is -2.49.